The molecular weight excluding hydrogens is 294 g/mol. The quantitative estimate of drug-likeness (QED) is 0.698. The Balaban J connectivity index is 2.40. The van der Waals surface area contributed by atoms with E-state index in [4.69, 9.17) is 21.8 Å². The van der Waals surface area contributed by atoms with Crippen molar-refractivity contribution in [3.05, 3.63) is 29.5 Å². The van der Waals surface area contributed by atoms with E-state index in [9.17, 15) is 8.42 Å². The van der Waals surface area contributed by atoms with E-state index in [1.165, 1.54) is 10.6 Å². The highest BCUT2D eigenvalue weighted by molar-refractivity contribution is 7.89. The first-order valence-corrected chi connectivity index (χ1v) is 7.23. The van der Waals surface area contributed by atoms with Crippen LogP contribution < -0.4 is 4.72 Å². The van der Waals surface area contributed by atoms with Gasteiger partial charge in [0.05, 0.1) is 12.7 Å². The largest absolute Gasteiger partial charge is 0.394 e. The number of aliphatic hydroxyl groups is 2. The summed E-state index contributed by atoms with van der Waals surface area (Å²) >= 11 is 5.84. The molecule has 0 saturated carbocycles. The molecule has 2 aromatic heterocycles. The molecule has 0 fully saturated rings. The molecule has 1 atom stereocenters. The number of aliphatic hydroxyl groups excluding tert-OH is 2. The van der Waals surface area contributed by atoms with Gasteiger partial charge in [0.1, 0.15) is 5.65 Å². The summed E-state index contributed by atoms with van der Waals surface area (Å²) < 4.78 is 27.7. The fraction of sp³-hybridized carbons (Fsp3) is 0.300. The second-order valence-corrected chi connectivity index (χ2v) is 5.87. The molecule has 9 heteroatoms. The van der Waals surface area contributed by atoms with Crippen LogP contribution in [-0.2, 0) is 10.0 Å². The molecule has 0 bridgehead atoms. The zero-order valence-corrected chi connectivity index (χ0v) is 11.3. The van der Waals surface area contributed by atoms with Crippen molar-refractivity contribution in [3.63, 3.8) is 0 Å². The van der Waals surface area contributed by atoms with Gasteiger partial charge in [0, 0.05) is 12.7 Å². The van der Waals surface area contributed by atoms with Crippen LogP contribution in [0.2, 0.25) is 5.15 Å². The normalized spacial score (nSPS) is 13.8. The summed E-state index contributed by atoms with van der Waals surface area (Å²) in [5.41, 5.74) is 0.399. The third-order valence-corrected chi connectivity index (χ3v) is 4.24. The van der Waals surface area contributed by atoms with Crippen LogP contribution in [0.25, 0.3) is 5.65 Å². The Labute approximate surface area is 114 Å². The number of fused-ring (bicyclic) bond motifs is 1. The first-order chi connectivity index (χ1) is 8.95. The van der Waals surface area contributed by atoms with Crippen LogP contribution in [0.3, 0.4) is 0 Å². The van der Waals surface area contributed by atoms with Crippen molar-refractivity contribution in [3.8, 4) is 0 Å². The van der Waals surface area contributed by atoms with Crippen LogP contribution in [0.5, 0.6) is 0 Å². The molecule has 0 aliphatic carbocycles. The Hall–Kier alpha value is -1.19. The van der Waals surface area contributed by atoms with Gasteiger partial charge in [-0.25, -0.2) is 18.1 Å². The maximum Gasteiger partial charge on any atom is 0.259 e. The standard InChI is InChI=1S/C10H12ClN3O4S/c11-9-10(14-4-2-1-3-8(14)13-9)19(17,18)12-5-7(16)6-15/h1-4,7,12,15-16H,5-6H2. The SMILES string of the molecule is O=S(=O)(NCC(O)CO)c1c(Cl)nc2ccccn12. The van der Waals surface area contributed by atoms with E-state index in [2.05, 4.69) is 9.71 Å². The number of pyridine rings is 1. The van der Waals surface area contributed by atoms with Gasteiger partial charge in [0.2, 0.25) is 0 Å². The van der Waals surface area contributed by atoms with Gasteiger partial charge >= 0.3 is 0 Å². The highest BCUT2D eigenvalue weighted by Gasteiger charge is 2.24. The molecule has 0 saturated heterocycles. The number of halogens is 1. The van der Waals surface area contributed by atoms with Crippen LogP contribution in [0.1, 0.15) is 0 Å². The van der Waals surface area contributed by atoms with Crippen molar-refractivity contribution in [1.29, 1.82) is 0 Å². The highest BCUT2D eigenvalue weighted by Crippen LogP contribution is 2.22. The number of nitrogens with zero attached hydrogens (tertiary/aromatic N) is 2. The minimum absolute atomic E-state index is 0.155. The van der Waals surface area contributed by atoms with E-state index in [-0.39, 0.29) is 16.7 Å². The molecule has 3 N–H and O–H groups in total. The maximum atomic E-state index is 12.1. The number of imidazole rings is 1. The Bertz CT molecular complexity index is 685. The zero-order chi connectivity index (χ0) is 14.0. The molecule has 1 unspecified atom stereocenters. The smallest absolute Gasteiger partial charge is 0.259 e. The lowest BCUT2D eigenvalue weighted by Crippen LogP contribution is -2.34. The zero-order valence-electron chi connectivity index (χ0n) is 9.69. The van der Waals surface area contributed by atoms with Gasteiger partial charge in [0.15, 0.2) is 10.2 Å². The molecule has 0 aliphatic heterocycles. The second-order valence-electron chi connectivity index (χ2n) is 3.82. The molecule has 2 aromatic rings. The molecule has 0 spiro atoms. The van der Waals surface area contributed by atoms with Gasteiger partial charge in [-0.3, -0.25) is 4.40 Å². The predicted octanol–water partition coefficient (Wildman–Crippen LogP) is -0.381. The molecule has 2 rings (SSSR count). The summed E-state index contributed by atoms with van der Waals surface area (Å²) in [5.74, 6) is 0. The van der Waals surface area contributed by atoms with Gasteiger partial charge in [-0.05, 0) is 12.1 Å². The average Bonchev–Trinajstić information content (AvgIpc) is 2.72. The Morgan fingerprint density at radius 3 is 2.89 bits per heavy atom. The van der Waals surface area contributed by atoms with E-state index in [1.54, 1.807) is 18.2 Å². The lowest BCUT2D eigenvalue weighted by Gasteiger charge is -2.09. The molecule has 2 heterocycles. The number of sulfonamides is 1. The molecule has 7 nitrogen and oxygen atoms in total. The van der Waals surface area contributed by atoms with E-state index >= 15 is 0 Å². The van der Waals surface area contributed by atoms with Gasteiger partial charge in [-0.2, -0.15) is 0 Å². The number of nitrogens with one attached hydrogen (secondary N) is 1. The fourth-order valence-electron chi connectivity index (χ4n) is 1.52. The van der Waals surface area contributed by atoms with E-state index in [0.29, 0.717) is 5.65 Å². The molecule has 0 radical (unpaired) electrons. The summed E-state index contributed by atoms with van der Waals surface area (Å²) in [4.78, 5) is 3.92. The van der Waals surface area contributed by atoms with Crippen molar-refractivity contribution < 1.29 is 18.6 Å². The first kappa shape index (κ1) is 14.2. The first-order valence-electron chi connectivity index (χ1n) is 5.37. The summed E-state index contributed by atoms with van der Waals surface area (Å²) in [6, 6.07) is 4.97. The molecule has 0 amide bonds. The number of hydrogen-bond acceptors (Lipinski definition) is 5. The Morgan fingerprint density at radius 1 is 1.47 bits per heavy atom. The Morgan fingerprint density at radius 2 is 2.21 bits per heavy atom. The second kappa shape index (κ2) is 5.43. The monoisotopic (exact) mass is 305 g/mol. The van der Waals surface area contributed by atoms with Gasteiger partial charge < -0.3 is 10.2 Å². The van der Waals surface area contributed by atoms with Gasteiger partial charge in [0.25, 0.3) is 10.0 Å². The van der Waals surface area contributed by atoms with Crippen LogP contribution >= 0.6 is 11.6 Å². The van der Waals surface area contributed by atoms with Gasteiger partial charge in [-0.1, -0.05) is 17.7 Å². The predicted molar refractivity (Wildman–Crippen MR) is 68.5 cm³/mol. The van der Waals surface area contributed by atoms with Crippen molar-refractivity contribution in [2.75, 3.05) is 13.2 Å². The lowest BCUT2D eigenvalue weighted by atomic mass is 10.4. The topological polar surface area (TPSA) is 104 Å². The van der Waals surface area contributed by atoms with Crippen LogP contribution in [0, 0.1) is 0 Å². The minimum Gasteiger partial charge on any atom is -0.394 e. The van der Waals surface area contributed by atoms with E-state index in [1.807, 2.05) is 0 Å². The molecular formula is C10H12ClN3O4S. The third kappa shape index (κ3) is 2.88. The minimum atomic E-state index is -3.93. The molecule has 104 valence electrons. The van der Waals surface area contributed by atoms with Crippen LogP contribution in [0.15, 0.2) is 29.4 Å². The number of aromatic nitrogens is 2. The fourth-order valence-corrected chi connectivity index (χ4v) is 3.24. The van der Waals surface area contributed by atoms with Crippen LogP contribution in [-0.4, -0.2) is 47.3 Å². The summed E-state index contributed by atoms with van der Waals surface area (Å²) in [6.45, 7) is -0.849. The van der Waals surface area contributed by atoms with Gasteiger partial charge in [-0.15, -0.1) is 0 Å². The van der Waals surface area contributed by atoms with Crippen molar-refractivity contribution in [2.24, 2.45) is 0 Å². The highest BCUT2D eigenvalue weighted by atomic mass is 35.5. The maximum absolute atomic E-state index is 12.1. The summed E-state index contributed by atoms with van der Waals surface area (Å²) in [7, 11) is -3.93. The van der Waals surface area contributed by atoms with E-state index < -0.39 is 22.7 Å². The van der Waals surface area contributed by atoms with Crippen LogP contribution in [0.4, 0.5) is 0 Å². The Kier molecular flexibility index (Phi) is 4.07. The molecule has 0 aliphatic rings. The summed E-state index contributed by atoms with van der Waals surface area (Å²) in [6.07, 6.45) is 0.346. The molecule has 0 aromatic carbocycles. The van der Waals surface area contributed by atoms with Crippen molar-refractivity contribution >= 4 is 27.3 Å². The number of rotatable bonds is 5. The molecule has 19 heavy (non-hydrogen) atoms. The lowest BCUT2D eigenvalue weighted by molar-refractivity contribution is 0.0988. The van der Waals surface area contributed by atoms with E-state index in [0.717, 1.165) is 0 Å². The van der Waals surface area contributed by atoms with Crippen molar-refractivity contribution in [2.45, 2.75) is 11.1 Å². The van der Waals surface area contributed by atoms with Crippen molar-refractivity contribution in [1.82, 2.24) is 14.1 Å². The third-order valence-electron chi connectivity index (χ3n) is 2.42. The number of hydrogen-bond donors (Lipinski definition) is 3. The summed E-state index contributed by atoms with van der Waals surface area (Å²) in [5, 5.41) is 17.5. The average molecular weight is 306 g/mol.